The number of amides is 1. The molecule has 21 heavy (non-hydrogen) atoms. The Hall–Kier alpha value is -1.59. The Balaban J connectivity index is 2.15. The molecule has 1 aliphatic rings. The van der Waals surface area contributed by atoms with Crippen molar-refractivity contribution in [3.8, 4) is 0 Å². The summed E-state index contributed by atoms with van der Waals surface area (Å²) in [5.74, 6) is 5.22. The maximum Gasteiger partial charge on any atom is 0.412 e. The molecule has 0 radical (unpaired) electrons. The number of nitrogens with one attached hydrogen (secondary N) is 1. The average molecular weight is 292 g/mol. The van der Waals surface area contributed by atoms with Gasteiger partial charge in [-0.05, 0) is 57.7 Å². The Bertz CT molecular complexity index is 531. The Morgan fingerprint density at radius 1 is 1.38 bits per heavy atom. The van der Waals surface area contributed by atoms with E-state index in [1.807, 2.05) is 39.8 Å². The van der Waals surface area contributed by atoms with Gasteiger partial charge in [-0.15, -0.1) is 0 Å². The third-order valence-corrected chi connectivity index (χ3v) is 3.70. The number of aryl methyl sites for hydroxylation is 1. The van der Waals surface area contributed by atoms with Crippen LogP contribution in [0.2, 0.25) is 0 Å². The number of ether oxygens (including phenoxy) is 1. The first kappa shape index (κ1) is 15.8. The number of rotatable bonds is 4. The number of benzene rings is 1. The zero-order chi connectivity index (χ0) is 15.7. The smallest absolute Gasteiger partial charge is 0.412 e. The van der Waals surface area contributed by atoms with Crippen molar-refractivity contribution in [2.45, 2.75) is 51.6 Å². The summed E-state index contributed by atoms with van der Waals surface area (Å²) in [5, 5.41) is 2.82. The van der Waals surface area contributed by atoms with Gasteiger partial charge in [-0.2, -0.15) is 0 Å². The van der Waals surface area contributed by atoms with Crippen LogP contribution in [0.4, 0.5) is 10.5 Å². The summed E-state index contributed by atoms with van der Waals surface area (Å²) >= 11 is 0. The fourth-order valence-electron chi connectivity index (χ4n) is 2.33. The summed E-state index contributed by atoms with van der Waals surface area (Å²) in [6, 6.07) is 6.06. The first-order chi connectivity index (χ1) is 9.76. The molecule has 0 saturated heterocycles. The van der Waals surface area contributed by atoms with Crippen LogP contribution in [-0.2, 0) is 15.0 Å². The molecule has 1 aromatic carbocycles. The minimum Gasteiger partial charge on any atom is -0.444 e. The van der Waals surface area contributed by atoms with Crippen LogP contribution < -0.4 is 11.2 Å². The molecule has 116 valence electrons. The topological polar surface area (TPSA) is 73.6 Å². The van der Waals surface area contributed by atoms with Crippen molar-refractivity contribution < 1.29 is 14.4 Å². The number of hydrogen-bond acceptors (Lipinski definition) is 4. The third-order valence-electron chi connectivity index (χ3n) is 3.70. The molecule has 5 nitrogen and oxygen atoms in total. The molecule has 0 heterocycles. The lowest BCUT2D eigenvalue weighted by molar-refractivity contribution is 0.0636. The van der Waals surface area contributed by atoms with Gasteiger partial charge in [0, 0.05) is 11.1 Å². The number of anilines is 1. The Labute approximate surface area is 125 Å². The Kier molecular flexibility index (Phi) is 4.25. The first-order valence-electron chi connectivity index (χ1n) is 7.19. The van der Waals surface area contributed by atoms with E-state index in [1.165, 1.54) is 0 Å². The SMILES string of the molecule is Cc1ccc(C2(CON)CC2)cc1NC(=O)OC(C)(C)C. The molecule has 0 aromatic heterocycles. The van der Waals surface area contributed by atoms with Gasteiger partial charge >= 0.3 is 6.09 Å². The van der Waals surface area contributed by atoms with Gasteiger partial charge in [-0.3, -0.25) is 5.32 Å². The zero-order valence-electron chi connectivity index (χ0n) is 13.2. The molecule has 3 N–H and O–H groups in total. The lowest BCUT2D eigenvalue weighted by atomic mass is 9.95. The van der Waals surface area contributed by atoms with E-state index in [0.29, 0.717) is 6.61 Å². The van der Waals surface area contributed by atoms with E-state index in [-0.39, 0.29) is 5.41 Å². The van der Waals surface area contributed by atoms with E-state index >= 15 is 0 Å². The van der Waals surface area contributed by atoms with Gasteiger partial charge in [0.1, 0.15) is 5.60 Å². The van der Waals surface area contributed by atoms with Gasteiger partial charge in [0.15, 0.2) is 0 Å². The highest BCUT2D eigenvalue weighted by Gasteiger charge is 2.44. The van der Waals surface area contributed by atoms with Crippen molar-refractivity contribution in [3.63, 3.8) is 0 Å². The van der Waals surface area contributed by atoms with Gasteiger partial charge in [0.25, 0.3) is 0 Å². The quantitative estimate of drug-likeness (QED) is 0.835. The second-order valence-electron chi connectivity index (χ2n) is 6.75. The van der Waals surface area contributed by atoms with E-state index < -0.39 is 11.7 Å². The van der Waals surface area contributed by atoms with Crippen LogP contribution in [0.5, 0.6) is 0 Å². The maximum atomic E-state index is 11.9. The highest BCUT2D eigenvalue weighted by Crippen LogP contribution is 2.48. The van der Waals surface area contributed by atoms with Crippen LogP contribution in [0.1, 0.15) is 44.7 Å². The highest BCUT2D eigenvalue weighted by atomic mass is 16.6. The average Bonchev–Trinajstić information content (AvgIpc) is 3.11. The summed E-state index contributed by atoms with van der Waals surface area (Å²) in [6.07, 6.45) is 1.67. The van der Waals surface area contributed by atoms with Crippen LogP contribution in [-0.4, -0.2) is 18.3 Å². The summed E-state index contributed by atoms with van der Waals surface area (Å²) < 4.78 is 5.29. The molecule has 1 saturated carbocycles. The summed E-state index contributed by atoms with van der Waals surface area (Å²) in [7, 11) is 0. The largest absolute Gasteiger partial charge is 0.444 e. The van der Waals surface area contributed by atoms with E-state index in [1.54, 1.807) is 0 Å². The van der Waals surface area contributed by atoms with Crippen LogP contribution in [0, 0.1) is 6.92 Å². The number of hydrogen-bond donors (Lipinski definition) is 2. The minimum atomic E-state index is -0.513. The molecule has 2 rings (SSSR count). The Morgan fingerprint density at radius 2 is 2.05 bits per heavy atom. The fraction of sp³-hybridized carbons (Fsp3) is 0.562. The molecule has 0 spiro atoms. The van der Waals surface area contributed by atoms with Gasteiger partial charge in [0.05, 0.1) is 6.61 Å². The van der Waals surface area contributed by atoms with E-state index in [9.17, 15) is 4.79 Å². The molecule has 1 amide bonds. The standard InChI is InChI=1S/C16H24N2O3/c1-11-5-6-12(16(7-8-16)10-20-17)9-13(11)18-14(19)21-15(2,3)4/h5-6,9H,7-8,10,17H2,1-4H3,(H,18,19). The second kappa shape index (κ2) is 5.66. The lowest BCUT2D eigenvalue weighted by Gasteiger charge is -2.21. The maximum absolute atomic E-state index is 11.9. The van der Waals surface area contributed by atoms with Crippen LogP contribution in [0.25, 0.3) is 0 Å². The molecule has 0 atom stereocenters. The van der Waals surface area contributed by atoms with Crippen LogP contribution >= 0.6 is 0 Å². The highest BCUT2D eigenvalue weighted by molar-refractivity contribution is 5.86. The van der Waals surface area contributed by atoms with Crippen LogP contribution in [0.15, 0.2) is 18.2 Å². The molecule has 0 aliphatic heterocycles. The normalized spacial score (nSPS) is 16.4. The van der Waals surface area contributed by atoms with E-state index in [4.69, 9.17) is 15.5 Å². The Morgan fingerprint density at radius 3 is 2.57 bits per heavy atom. The van der Waals surface area contributed by atoms with Crippen molar-refractivity contribution in [2.24, 2.45) is 5.90 Å². The van der Waals surface area contributed by atoms with Gasteiger partial charge in [0.2, 0.25) is 0 Å². The molecule has 1 aliphatic carbocycles. The summed E-state index contributed by atoms with van der Waals surface area (Å²) in [6.45, 7) is 7.98. The summed E-state index contributed by atoms with van der Waals surface area (Å²) in [4.78, 5) is 16.7. The molecular formula is C16H24N2O3. The molecule has 0 unspecified atom stereocenters. The van der Waals surface area contributed by atoms with Gasteiger partial charge in [-0.1, -0.05) is 12.1 Å². The van der Waals surface area contributed by atoms with Crippen molar-refractivity contribution in [3.05, 3.63) is 29.3 Å². The van der Waals surface area contributed by atoms with Crippen molar-refractivity contribution in [1.29, 1.82) is 0 Å². The van der Waals surface area contributed by atoms with Gasteiger partial charge in [-0.25, -0.2) is 10.7 Å². The third kappa shape index (κ3) is 3.95. The summed E-state index contributed by atoms with van der Waals surface area (Å²) in [5.41, 5.74) is 2.40. The molecular weight excluding hydrogens is 268 g/mol. The lowest BCUT2D eigenvalue weighted by Crippen LogP contribution is -2.27. The molecule has 1 aromatic rings. The van der Waals surface area contributed by atoms with Crippen molar-refractivity contribution >= 4 is 11.8 Å². The fourth-order valence-corrected chi connectivity index (χ4v) is 2.33. The molecule has 0 bridgehead atoms. The number of carbonyl (C=O) groups excluding carboxylic acids is 1. The second-order valence-corrected chi connectivity index (χ2v) is 6.75. The van der Waals surface area contributed by atoms with E-state index in [0.717, 1.165) is 29.7 Å². The predicted octanol–water partition coefficient (Wildman–Crippen LogP) is 3.26. The molecule has 1 fully saturated rings. The van der Waals surface area contributed by atoms with Crippen molar-refractivity contribution in [1.82, 2.24) is 0 Å². The number of carbonyl (C=O) groups is 1. The predicted molar refractivity (Wildman–Crippen MR) is 82.1 cm³/mol. The monoisotopic (exact) mass is 292 g/mol. The molecule has 5 heteroatoms. The van der Waals surface area contributed by atoms with E-state index in [2.05, 4.69) is 11.4 Å². The first-order valence-corrected chi connectivity index (χ1v) is 7.19. The minimum absolute atomic E-state index is 0.00676. The van der Waals surface area contributed by atoms with Gasteiger partial charge < -0.3 is 9.57 Å². The van der Waals surface area contributed by atoms with Crippen molar-refractivity contribution in [2.75, 3.05) is 11.9 Å². The van der Waals surface area contributed by atoms with Crippen LogP contribution in [0.3, 0.4) is 0 Å². The number of nitrogens with two attached hydrogens (primary N) is 1. The zero-order valence-corrected chi connectivity index (χ0v) is 13.2.